The molecule has 174 valence electrons. The number of phenolic OH excluding ortho intramolecular Hbond substituents is 2. The molecule has 10 nitrogen and oxygen atoms in total. The number of hydrogen-bond donors (Lipinski definition) is 6. The van der Waals surface area contributed by atoms with Crippen LogP contribution in [0.3, 0.4) is 0 Å². The monoisotopic (exact) mass is 456 g/mol. The number of ketones is 3. The number of Topliss-reactive ketones (excluding diaryl/α,β-unsaturated/α-hetero) is 1. The molecule has 0 heterocycles. The molecule has 4 rings (SSSR count). The molecule has 2 aliphatic rings. The minimum atomic E-state index is -1.98. The third-order valence-electron chi connectivity index (χ3n) is 6.18. The predicted octanol–water partition coefficient (Wildman–Crippen LogP) is 0.0575. The maximum absolute atomic E-state index is 13.4. The summed E-state index contributed by atoms with van der Waals surface area (Å²) in [5.74, 6) is -3.36. The lowest BCUT2D eigenvalue weighted by Crippen LogP contribution is -2.44. The van der Waals surface area contributed by atoms with E-state index in [1.165, 1.54) is 18.2 Å². The molecule has 0 saturated heterocycles. The molecule has 0 aliphatic heterocycles. The molecule has 0 radical (unpaired) electrons. The number of ether oxygens (including phenoxy) is 1. The maximum atomic E-state index is 13.4. The number of nitrogens with two attached hydrogens (primary N) is 1. The van der Waals surface area contributed by atoms with Crippen LogP contribution in [0.25, 0.3) is 0 Å². The fourth-order valence-corrected chi connectivity index (χ4v) is 4.47. The minimum Gasteiger partial charge on any atom is -0.507 e. The summed E-state index contributed by atoms with van der Waals surface area (Å²) in [6, 6.07) is 4.41. The van der Waals surface area contributed by atoms with Crippen molar-refractivity contribution in [2.24, 2.45) is 5.73 Å². The lowest BCUT2D eigenvalue weighted by Gasteiger charge is -2.36. The molecule has 2 aromatic rings. The molecular formula is C23H24N2O8. The van der Waals surface area contributed by atoms with E-state index in [1.807, 2.05) is 0 Å². The first kappa shape index (κ1) is 22.9. The second kappa shape index (κ2) is 8.23. The van der Waals surface area contributed by atoms with Crippen LogP contribution in [0.2, 0.25) is 0 Å². The molecule has 0 aromatic heterocycles. The summed E-state index contributed by atoms with van der Waals surface area (Å²) in [6.07, 6.45) is -2.40. The molecule has 2 aliphatic carbocycles. The van der Waals surface area contributed by atoms with Crippen LogP contribution in [0.15, 0.2) is 18.2 Å². The highest BCUT2D eigenvalue weighted by atomic mass is 16.5. The first-order valence-electron chi connectivity index (χ1n) is 10.4. The number of phenols is 2. The van der Waals surface area contributed by atoms with Crippen molar-refractivity contribution in [2.75, 3.05) is 19.8 Å². The van der Waals surface area contributed by atoms with Gasteiger partial charge in [-0.1, -0.05) is 12.1 Å². The second-order valence-electron chi connectivity index (χ2n) is 8.24. The van der Waals surface area contributed by atoms with Gasteiger partial charge in [0.1, 0.15) is 29.6 Å². The highest BCUT2D eigenvalue weighted by molar-refractivity contribution is 6.31. The van der Waals surface area contributed by atoms with Gasteiger partial charge >= 0.3 is 0 Å². The van der Waals surface area contributed by atoms with Gasteiger partial charge in [-0.2, -0.15) is 0 Å². The van der Waals surface area contributed by atoms with Crippen molar-refractivity contribution in [3.05, 3.63) is 51.6 Å². The molecule has 10 heteroatoms. The first-order chi connectivity index (χ1) is 15.6. The van der Waals surface area contributed by atoms with Crippen LogP contribution in [-0.4, -0.2) is 63.2 Å². The van der Waals surface area contributed by atoms with Crippen molar-refractivity contribution >= 4 is 17.3 Å². The Bertz CT molecular complexity index is 1190. The molecule has 7 N–H and O–H groups in total. The molecule has 0 bridgehead atoms. The number of rotatable bonds is 6. The van der Waals surface area contributed by atoms with Crippen molar-refractivity contribution in [3.8, 4) is 17.2 Å². The summed E-state index contributed by atoms with van der Waals surface area (Å²) in [5, 5.41) is 46.0. The number of carbonyl (C=O) groups excluding carboxylic acids is 3. The van der Waals surface area contributed by atoms with Gasteiger partial charge in [-0.25, -0.2) is 0 Å². The van der Waals surface area contributed by atoms with Gasteiger partial charge in [0, 0.05) is 42.6 Å². The van der Waals surface area contributed by atoms with Crippen molar-refractivity contribution in [1.29, 1.82) is 0 Å². The predicted molar refractivity (Wildman–Crippen MR) is 115 cm³/mol. The van der Waals surface area contributed by atoms with Gasteiger partial charge in [-0.3, -0.25) is 19.7 Å². The Morgan fingerprint density at radius 1 is 1.18 bits per heavy atom. The van der Waals surface area contributed by atoms with Gasteiger partial charge in [0.15, 0.2) is 11.6 Å². The average molecular weight is 456 g/mol. The highest BCUT2D eigenvalue weighted by Crippen LogP contribution is 2.50. The third kappa shape index (κ3) is 3.47. The van der Waals surface area contributed by atoms with Crippen LogP contribution >= 0.6 is 0 Å². The van der Waals surface area contributed by atoms with Gasteiger partial charge in [-0.05, 0) is 13.0 Å². The third-order valence-corrected chi connectivity index (χ3v) is 6.18. The standard InChI is InChI=1S/C23H24N2O8/c1-10(26)23(32)7-12-15(13(27)8-23)21(30)18-17(20(12)29)19(28)11-3-2-4-14(16(11)22(18)31)33-9-25-6-5-24/h2-4,13,25,27,29-30,32H,5-9,24H2,1H3. The summed E-state index contributed by atoms with van der Waals surface area (Å²) < 4.78 is 5.59. The van der Waals surface area contributed by atoms with Crippen LogP contribution in [-0.2, 0) is 11.2 Å². The Hall–Kier alpha value is -3.31. The zero-order valence-electron chi connectivity index (χ0n) is 17.8. The summed E-state index contributed by atoms with van der Waals surface area (Å²) in [4.78, 5) is 38.7. The highest BCUT2D eigenvalue weighted by Gasteiger charge is 2.47. The van der Waals surface area contributed by atoms with Gasteiger partial charge in [-0.15, -0.1) is 0 Å². The molecule has 33 heavy (non-hydrogen) atoms. The number of aliphatic hydroxyl groups excluding tert-OH is 1. The van der Waals surface area contributed by atoms with E-state index < -0.39 is 64.5 Å². The van der Waals surface area contributed by atoms with Crippen LogP contribution in [0.4, 0.5) is 0 Å². The van der Waals surface area contributed by atoms with Gasteiger partial charge in [0.2, 0.25) is 5.78 Å². The smallest absolute Gasteiger partial charge is 0.202 e. The van der Waals surface area contributed by atoms with Gasteiger partial charge in [0.05, 0.1) is 22.8 Å². The van der Waals surface area contributed by atoms with Crippen molar-refractivity contribution in [1.82, 2.24) is 5.32 Å². The Labute approximate surface area is 188 Å². The van der Waals surface area contributed by atoms with E-state index in [4.69, 9.17) is 10.5 Å². The van der Waals surface area contributed by atoms with Crippen LogP contribution in [0.1, 0.15) is 62.4 Å². The largest absolute Gasteiger partial charge is 0.507 e. The second-order valence-corrected chi connectivity index (χ2v) is 8.24. The van der Waals surface area contributed by atoms with Gasteiger partial charge < -0.3 is 30.9 Å². The molecule has 2 aromatic carbocycles. The van der Waals surface area contributed by atoms with Crippen LogP contribution in [0, 0.1) is 0 Å². The molecule has 0 spiro atoms. The van der Waals surface area contributed by atoms with Crippen molar-refractivity contribution in [3.63, 3.8) is 0 Å². The topological polar surface area (TPSA) is 179 Å². The molecule has 0 fully saturated rings. The first-order valence-corrected chi connectivity index (χ1v) is 10.4. The molecule has 0 amide bonds. The zero-order chi connectivity index (χ0) is 24.1. The zero-order valence-corrected chi connectivity index (χ0v) is 17.8. The van der Waals surface area contributed by atoms with E-state index >= 15 is 0 Å². The van der Waals surface area contributed by atoms with Crippen LogP contribution in [0.5, 0.6) is 17.2 Å². The van der Waals surface area contributed by atoms with Crippen molar-refractivity contribution < 1.29 is 39.5 Å². The van der Waals surface area contributed by atoms with E-state index in [0.29, 0.717) is 13.1 Å². The fraction of sp³-hybridized carbons (Fsp3) is 0.348. The van der Waals surface area contributed by atoms with Crippen molar-refractivity contribution in [2.45, 2.75) is 31.5 Å². The summed E-state index contributed by atoms with van der Waals surface area (Å²) in [5.41, 5.74) is 2.09. The Morgan fingerprint density at radius 3 is 2.55 bits per heavy atom. The number of aromatic hydroxyl groups is 2. The molecule has 0 saturated carbocycles. The van der Waals surface area contributed by atoms with E-state index in [-0.39, 0.29) is 34.7 Å². The van der Waals surface area contributed by atoms with E-state index in [0.717, 1.165) is 6.92 Å². The quantitative estimate of drug-likeness (QED) is 0.169. The number of nitrogens with one attached hydrogen (secondary N) is 1. The average Bonchev–Trinajstić information content (AvgIpc) is 2.76. The van der Waals surface area contributed by atoms with Gasteiger partial charge in [0.25, 0.3) is 0 Å². The number of aliphatic hydroxyl groups is 2. The normalized spacial score (nSPS) is 21.3. The lowest BCUT2D eigenvalue weighted by molar-refractivity contribution is -0.139. The molecular weight excluding hydrogens is 432 g/mol. The van der Waals surface area contributed by atoms with E-state index in [9.17, 15) is 34.8 Å². The lowest BCUT2D eigenvalue weighted by atomic mass is 9.72. The summed E-state index contributed by atoms with van der Waals surface area (Å²) >= 11 is 0. The summed E-state index contributed by atoms with van der Waals surface area (Å²) in [6.45, 7) is 2.00. The van der Waals surface area contributed by atoms with E-state index in [2.05, 4.69) is 5.32 Å². The molecule has 2 unspecified atom stereocenters. The minimum absolute atomic E-state index is 0.0196. The van der Waals surface area contributed by atoms with Crippen LogP contribution < -0.4 is 15.8 Å². The number of carbonyl (C=O) groups is 3. The Balaban J connectivity index is 1.87. The number of benzene rings is 2. The Kier molecular flexibility index (Phi) is 5.71. The maximum Gasteiger partial charge on any atom is 0.202 e. The Morgan fingerprint density at radius 2 is 1.88 bits per heavy atom. The number of hydrogen-bond acceptors (Lipinski definition) is 10. The number of fused-ring (bicyclic) bond motifs is 3. The molecule has 2 atom stereocenters. The summed E-state index contributed by atoms with van der Waals surface area (Å²) in [7, 11) is 0. The fourth-order valence-electron chi connectivity index (χ4n) is 4.47. The SMILES string of the molecule is CC(=O)C1(O)Cc2c(O)c3c(c(O)c2C(O)C1)C(=O)c1c(OCNCCN)cccc1C3=O. The van der Waals surface area contributed by atoms with E-state index in [1.54, 1.807) is 0 Å².